The molecule has 1 amide bonds. The highest BCUT2D eigenvalue weighted by Gasteiger charge is 2.29. The van der Waals surface area contributed by atoms with E-state index in [1.165, 1.54) is 0 Å². The molecule has 5 heteroatoms. The zero-order valence-corrected chi connectivity index (χ0v) is 14.2. The number of hydrogen-bond donors (Lipinski definition) is 1. The van der Waals surface area contributed by atoms with Gasteiger partial charge in [0, 0.05) is 31.9 Å². The molecule has 1 unspecified atom stereocenters. The molecular weight excluding hydrogens is 294 g/mol. The number of amides is 1. The number of piperidine rings is 1. The first kappa shape index (κ1) is 16.7. The summed E-state index contributed by atoms with van der Waals surface area (Å²) < 4.78 is 0. The zero-order chi connectivity index (χ0) is 15.9. The van der Waals surface area contributed by atoms with Crippen molar-refractivity contribution < 1.29 is 4.79 Å². The van der Waals surface area contributed by atoms with E-state index in [9.17, 15) is 4.79 Å². The van der Waals surface area contributed by atoms with Gasteiger partial charge in [0.1, 0.15) is 0 Å². The second-order valence-corrected chi connectivity index (χ2v) is 5.98. The van der Waals surface area contributed by atoms with Crippen molar-refractivity contribution in [3.05, 3.63) is 30.3 Å². The van der Waals surface area contributed by atoms with Gasteiger partial charge in [0.05, 0.1) is 5.92 Å². The Morgan fingerprint density at radius 3 is 2.64 bits per heavy atom. The van der Waals surface area contributed by atoms with E-state index in [1.54, 1.807) is 0 Å². The molecule has 1 aromatic rings. The lowest BCUT2D eigenvalue weighted by molar-refractivity contribution is -0.136. The Hall–Kier alpha value is -1.62. The van der Waals surface area contributed by atoms with Crippen molar-refractivity contribution >= 4 is 28.9 Å². The van der Waals surface area contributed by atoms with Gasteiger partial charge in [0.25, 0.3) is 0 Å². The highest BCUT2D eigenvalue weighted by Crippen LogP contribution is 2.20. The molecule has 0 bridgehead atoms. The summed E-state index contributed by atoms with van der Waals surface area (Å²) in [5, 5.41) is 3.97. The number of nitrogens with zero attached hydrogens (tertiary/aromatic N) is 2. The summed E-state index contributed by atoms with van der Waals surface area (Å²) in [4.78, 5) is 16.6. The lowest BCUT2D eigenvalue weighted by Crippen LogP contribution is -2.47. The molecule has 0 radical (unpaired) electrons. The Morgan fingerprint density at radius 2 is 2.00 bits per heavy atom. The minimum atomic E-state index is 0.0594. The molecule has 1 aliphatic rings. The van der Waals surface area contributed by atoms with Crippen molar-refractivity contribution in [2.24, 2.45) is 5.92 Å². The van der Waals surface area contributed by atoms with Crippen LogP contribution in [0.5, 0.6) is 0 Å². The van der Waals surface area contributed by atoms with Crippen molar-refractivity contribution in [3.8, 4) is 0 Å². The van der Waals surface area contributed by atoms with Crippen molar-refractivity contribution in [2.75, 3.05) is 31.5 Å². The van der Waals surface area contributed by atoms with E-state index < -0.39 is 0 Å². The molecule has 0 saturated carbocycles. The summed E-state index contributed by atoms with van der Waals surface area (Å²) in [6.07, 6.45) is 1.97. The van der Waals surface area contributed by atoms with Gasteiger partial charge < -0.3 is 15.1 Å². The van der Waals surface area contributed by atoms with Gasteiger partial charge in [-0.05, 0) is 51.0 Å². The Morgan fingerprint density at radius 1 is 1.32 bits per heavy atom. The summed E-state index contributed by atoms with van der Waals surface area (Å²) in [5.74, 6) is 0.321. The topological polar surface area (TPSA) is 35.6 Å². The maximum absolute atomic E-state index is 12.5. The van der Waals surface area contributed by atoms with Crippen LogP contribution in [0, 0.1) is 5.92 Å². The molecule has 4 nitrogen and oxygen atoms in total. The summed E-state index contributed by atoms with van der Waals surface area (Å²) in [6.45, 7) is 7.25. The smallest absolute Gasteiger partial charge is 0.227 e. The van der Waals surface area contributed by atoms with Crippen LogP contribution in [0.2, 0.25) is 0 Å². The van der Waals surface area contributed by atoms with Crippen LogP contribution < -0.4 is 5.32 Å². The summed E-state index contributed by atoms with van der Waals surface area (Å²) in [7, 11) is 0. The molecule has 120 valence electrons. The zero-order valence-electron chi connectivity index (χ0n) is 13.4. The normalized spacial score (nSPS) is 17.9. The molecule has 1 fully saturated rings. The van der Waals surface area contributed by atoms with Crippen LogP contribution in [-0.4, -0.2) is 47.0 Å². The number of nitrogens with one attached hydrogen (secondary N) is 1. The van der Waals surface area contributed by atoms with E-state index >= 15 is 0 Å². The SMILES string of the molecule is CCN(CC)C(=O)C1CCCN(C(=S)Nc2ccccc2)C1. The molecule has 1 heterocycles. The third-order valence-electron chi connectivity index (χ3n) is 4.16. The lowest BCUT2D eigenvalue weighted by Gasteiger charge is -2.36. The average molecular weight is 319 g/mol. The highest BCUT2D eigenvalue weighted by atomic mass is 32.1. The number of carbonyl (C=O) groups excluding carboxylic acids is 1. The number of thiocarbonyl (C=S) groups is 1. The fraction of sp³-hybridized carbons (Fsp3) is 0.529. The number of hydrogen-bond acceptors (Lipinski definition) is 2. The second-order valence-electron chi connectivity index (χ2n) is 5.59. The number of anilines is 1. The van der Waals surface area contributed by atoms with Gasteiger partial charge in [0.2, 0.25) is 5.91 Å². The van der Waals surface area contributed by atoms with E-state index in [4.69, 9.17) is 12.2 Å². The predicted molar refractivity (Wildman–Crippen MR) is 94.9 cm³/mol. The predicted octanol–water partition coefficient (Wildman–Crippen LogP) is 2.96. The Kier molecular flexibility index (Phi) is 6.19. The molecule has 0 spiro atoms. The number of para-hydroxylation sites is 1. The summed E-state index contributed by atoms with van der Waals surface area (Å²) in [5.41, 5.74) is 0.990. The molecule has 1 aromatic carbocycles. The molecule has 0 aromatic heterocycles. The van der Waals surface area contributed by atoms with Gasteiger partial charge >= 0.3 is 0 Å². The fourth-order valence-electron chi connectivity index (χ4n) is 2.88. The van der Waals surface area contributed by atoms with Gasteiger partial charge in [-0.25, -0.2) is 0 Å². The summed E-state index contributed by atoms with van der Waals surface area (Å²) in [6, 6.07) is 9.93. The van der Waals surface area contributed by atoms with Crippen molar-refractivity contribution in [1.29, 1.82) is 0 Å². The highest BCUT2D eigenvalue weighted by molar-refractivity contribution is 7.80. The van der Waals surface area contributed by atoms with Crippen LogP contribution in [0.15, 0.2) is 30.3 Å². The van der Waals surface area contributed by atoms with E-state index in [1.807, 2.05) is 49.1 Å². The molecule has 1 N–H and O–H groups in total. The molecule has 1 saturated heterocycles. The first-order valence-corrected chi connectivity index (χ1v) is 8.46. The third-order valence-corrected chi connectivity index (χ3v) is 4.52. The largest absolute Gasteiger partial charge is 0.348 e. The van der Waals surface area contributed by atoms with Crippen LogP contribution in [0.4, 0.5) is 5.69 Å². The standard InChI is InChI=1S/C17H25N3OS/c1-3-19(4-2)16(21)14-9-8-12-20(13-14)17(22)18-15-10-6-5-7-11-15/h5-7,10-11,14H,3-4,8-9,12-13H2,1-2H3,(H,18,22). The van der Waals surface area contributed by atoms with Gasteiger partial charge in [-0.2, -0.15) is 0 Å². The average Bonchev–Trinajstić information content (AvgIpc) is 2.57. The van der Waals surface area contributed by atoms with Crippen molar-refractivity contribution in [3.63, 3.8) is 0 Å². The van der Waals surface area contributed by atoms with E-state index in [0.717, 1.165) is 38.2 Å². The van der Waals surface area contributed by atoms with E-state index in [2.05, 4.69) is 10.2 Å². The van der Waals surface area contributed by atoms with Crippen LogP contribution in [-0.2, 0) is 4.79 Å². The summed E-state index contributed by atoms with van der Waals surface area (Å²) >= 11 is 5.51. The maximum Gasteiger partial charge on any atom is 0.227 e. The Bertz CT molecular complexity index is 502. The van der Waals surface area contributed by atoms with Gasteiger partial charge in [0.15, 0.2) is 5.11 Å². The Labute approximate surface area is 138 Å². The molecular formula is C17H25N3OS. The number of carbonyl (C=O) groups is 1. The van der Waals surface area contributed by atoms with Gasteiger partial charge in [-0.3, -0.25) is 4.79 Å². The third kappa shape index (κ3) is 4.19. The molecule has 2 rings (SSSR count). The quantitative estimate of drug-likeness (QED) is 0.866. The van der Waals surface area contributed by atoms with E-state index in [-0.39, 0.29) is 11.8 Å². The first-order valence-electron chi connectivity index (χ1n) is 8.05. The minimum Gasteiger partial charge on any atom is -0.348 e. The van der Waals surface area contributed by atoms with Crippen molar-refractivity contribution in [1.82, 2.24) is 9.80 Å². The Balaban J connectivity index is 1.95. The molecule has 0 aliphatic carbocycles. The number of rotatable bonds is 4. The van der Waals surface area contributed by atoms with Crippen LogP contribution >= 0.6 is 12.2 Å². The van der Waals surface area contributed by atoms with Crippen LogP contribution in [0.1, 0.15) is 26.7 Å². The van der Waals surface area contributed by atoms with E-state index in [0.29, 0.717) is 11.7 Å². The maximum atomic E-state index is 12.5. The van der Waals surface area contributed by atoms with Gasteiger partial charge in [-0.15, -0.1) is 0 Å². The molecule has 1 aliphatic heterocycles. The van der Waals surface area contributed by atoms with Gasteiger partial charge in [-0.1, -0.05) is 18.2 Å². The van der Waals surface area contributed by atoms with Crippen LogP contribution in [0.3, 0.4) is 0 Å². The molecule has 1 atom stereocenters. The number of benzene rings is 1. The number of likely N-dealkylation sites (tertiary alicyclic amines) is 1. The minimum absolute atomic E-state index is 0.0594. The lowest BCUT2D eigenvalue weighted by atomic mass is 9.96. The first-order chi connectivity index (χ1) is 10.7. The monoisotopic (exact) mass is 319 g/mol. The molecule has 22 heavy (non-hydrogen) atoms. The fourth-order valence-corrected chi connectivity index (χ4v) is 3.16. The van der Waals surface area contributed by atoms with Crippen molar-refractivity contribution in [2.45, 2.75) is 26.7 Å². The van der Waals surface area contributed by atoms with Crippen LogP contribution in [0.25, 0.3) is 0 Å². The second kappa shape index (κ2) is 8.13.